The monoisotopic (exact) mass is 997 g/mol. The molecule has 0 amide bonds. The minimum atomic E-state index is 0. The lowest BCUT2D eigenvalue weighted by Gasteiger charge is -2.12. The fraction of sp³-hybridized carbons (Fsp3) is 0.567. The van der Waals surface area contributed by atoms with Crippen molar-refractivity contribution >= 4 is 17.1 Å². The lowest BCUT2D eigenvalue weighted by molar-refractivity contribution is 0.253. The molecule has 0 fully saturated rings. The Morgan fingerprint density at radius 2 is 1.04 bits per heavy atom. The summed E-state index contributed by atoms with van der Waals surface area (Å²) in [6.07, 6.45) is 16.4. The van der Waals surface area contributed by atoms with E-state index in [1.54, 1.807) is 12.1 Å². The number of aromatic hydroxyl groups is 1. The Morgan fingerprint density at radius 3 is 1.53 bits per heavy atom. The van der Waals surface area contributed by atoms with Crippen LogP contribution in [0.3, 0.4) is 0 Å². The van der Waals surface area contributed by atoms with Gasteiger partial charge in [0.15, 0.2) is 0 Å². The molecule has 0 aliphatic carbocycles. The zero-order valence-corrected chi connectivity index (χ0v) is 46.5. The van der Waals surface area contributed by atoms with E-state index in [1.165, 1.54) is 38.9 Å². The van der Waals surface area contributed by atoms with Crippen molar-refractivity contribution in [2.45, 2.75) is 179 Å². The number of H-pyrrole nitrogens is 1. The molecule has 0 bridgehead atoms. The molecule has 3 heterocycles. The molecule has 2 aromatic heterocycles. The lowest BCUT2D eigenvalue weighted by Crippen LogP contribution is -2.28. The van der Waals surface area contributed by atoms with E-state index >= 15 is 0 Å². The van der Waals surface area contributed by atoms with Gasteiger partial charge in [0.2, 0.25) is 0 Å². The van der Waals surface area contributed by atoms with E-state index in [9.17, 15) is 0 Å². The molecular formula is C60H104N10O2. The van der Waals surface area contributed by atoms with Crippen molar-refractivity contribution in [3.63, 3.8) is 0 Å². The van der Waals surface area contributed by atoms with Gasteiger partial charge in [-0.25, -0.2) is 4.98 Å². The minimum Gasteiger partial charge on any atom is -0.508 e. The van der Waals surface area contributed by atoms with Crippen molar-refractivity contribution in [1.29, 1.82) is 0 Å². The number of phenolic OH excluding ortho intramolecular Hbond substituents is 1. The summed E-state index contributed by atoms with van der Waals surface area (Å²) in [7, 11) is 0. The molecule has 6 rings (SSSR count). The zero-order chi connectivity index (χ0) is 52.7. The topological polar surface area (TPSA) is 159 Å². The Bertz CT molecular complexity index is 2050. The highest BCUT2D eigenvalue weighted by atomic mass is 16.3. The second kappa shape index (κ2) is 42.8. The van der Waals surface area contributed by atoms with E-state index in [1.807, 2.05) is 50.9 Å². The Balaban J connectivity index is 0.000000848. The summed E-state index contributed by atoms with van der Waals surface area (Å²) in [4.78, 5) is 11.5. The molecule has 9 N–H and O–H groups in total. The van der Waals surface area contributed by atoms with Gasteiger partial charge in [0.05, 0.1) is 12.9 Å². The van der Waals surface area contributed by atoms with Crippen molar-refractivity contribution < 1.29 is 10.2 Å². The number of hydrogen-bond donors (Lipinski definition) is 9. The third kappa shape index (κ3) is 31.7. The maximum absolute atomic E-state index is 9.08. The van der Waals surface area contributed by atoms with E-state index in [4.69, 9.17) is 10.2 Å². The van der Waals surface area contributed by atoms with E-state index < -0.39 is 0 Å². The number of phenols is 1. The van der Waals surface area contributed by atoms with Crippen LogP contribution in [0.5, 0.6) is 5.75 Å². The van der Waals surface area contributed by atoms with Crippen LogP contribution in [-0.2, 0) is 32.2 Å². The van der Waals surface area contributed by atoms with Gasteiger partial charge in [0.1, 0.15) is 5.75 Å². The normalized spacial score (nSPS) is 13.8. The molecule has 0 saturated heterocycles. The van der Waals surface area contributed by atoms with Crippen LogP contribution in [0.2, 0.25) is 0 Å². The average Bonchev–Trinajstić information content (AvgIpc) is 4.14. The predicted octanol–water partition coefficient (Wildman–Crippen LogP) is 10.7. The number of aromatic amines is 1. The number of aliphatic imine (C=N–C) groups is 1. The standard InChI is InChI=1S/C13H18N2.C11H17NO.C11H17N.C10H19N3.C9H16N2.C5H13NO.CH4/c1-3-14-10(2)8-11-9-15-13-7-5-4-6-12(11)13;1-3-12-9(2)8-10-4-6-11(13)7-5-10;1-3-12-10(2)9-11-7-5-4-6-8-11;1-4-12-9(3)6-10-7-11-8-13(10)5-2;1-3-11-8(2)6-9-4-5-10-7-9;1-3-6-5(2)4-7;/h4-7,9-10,14-15H,3,8H2,1-2H3;4-7,9,12-13H,3,8H2,1-2H3;4-8,10,12H,3,9H2,1-2H3;7-9,12H,4-6H2,1-3H3;5,7-8,11H,3-4,6H2,1-2H3;5-7H,3-4H2,1-2H3;1H4/t10-;9-;10-;9-;8-;5-;/m111111./s1. The van der Waals surface area contributed by atoms with Crippen LogP contribution < -0.4 is 31.9 Å². The molecule has 12 heteroatoms. The average molecular weight is 998 g/mol. The highest BCUT2D eigenvalue weighted by Gasteiger charge is 2.08. The molecule has 406 valence electrons. The first-order valence-corrected chi connectivity index (χ1v) is 26.8. The number of aromatic nitrogens is 3. The van der Waals surface area contributed by atoms with Gasteiger partial charge in [0, 0.05) is 97.0 Å². The summed E-state index contributed by atoms with van der Waals surface area (Å²) in [6.45, 7) is 35.1. The first-order chi connectivity index (χ1) is 34.3. The minimum absolute atomic E-state index is 0. The first-order valence-electron chi connectivity index (χ1n) is 26.8. The molecule has 72 heavy (non-hydrogen) atoms. The molecular weight excluding hydrogens is 893 g/mol. The van der Waals surface area contributed by atoms with Gasteiger partial charge in [-0.1, -0.05) is 110 Å². The number of para-hydroxylation sites is 1. The summed E-state index contributed by atoms with van der Waals surface area (Å²) in [5.41, 5.74) is 8.06. The molecule has 1 aliphatic rings. The predicted molar refractivity (Wildman–Crippen MR) is 314 cm³/mol. The number of hydrogen-bond acceptors (Lipinski definition) is 10. The number of rotatable bonds is 24. The van der Waals surface area contributed by atoms with Crippen molar-refractivity contribution in [1.82, 2.24) is 46.4 Å². The number of fused-ring (bicyclic) bond motifs is 1. The smallest absolute Gasteiger partial charge is 0.115 e. The molecule has 6 atom stereocenters. The number of aryl methyl sites for hydroxylation is 1. The Kier molecular flexibility index (Phi) is 40.0. The largest absolute Gasteiger partial charge is 0.508 e. The van der Waals surface area contributed by atoms with Crippen LogP contribution in [0.4, 0.5) is 0 Å². The third-order valence-corrected chi connectivity index (χ3v) is 11.6. The second-order valence-electron chi connectivity index (χ2n) is 18.5. The fourth-order valence-corrected chi connectivity index (χ4v) is 8.13. The summed E-state index contributed by atoms with van der Waals surface area (Å²) in [5.74, 6) is 0.333. The van der Waals surface area contributed by atoms with Crippen molar-refractivity contribution in [2.24, 2.45) is 4.99 Å². The lowest BCUT2D eigenvalue weighted by atomic mass is 10.1. The van der Waals surface area contributed by atoms with Crippen LogP contribution >= 0.6 is 0 Å². The van der Waals surface area contributed by atoms with Gasteiger partial charge >= 0.3 is 0 Å². The van der Waals surface area contributed by atoms with Crippen LogP contribution in [0.15, 0.2) is 114 Å². The summed E-state index contributed by atoms with van der Waals surface area (Å²) in [6, 6.07) is 29.4. The van der Waals surface area contributed by atoms with Gasteiger partial charge in [-0.2, -0.15) is 0 Å². The number of nitrogens with zero attached hydrogens (tertiary/aromatic N) is 3. The fourth-order valence-electron chi connectivity index (χ4n) is 8.13. The Morgan fingerprint density at radius 1 is 0.569 bits per heavy atom. The molecule has 3 aromatic carbocycles. The van der Waals surface area contributed by atoms with Gasteiger partial charge in [-0.15, -0.1) is 0 Å². The van der Waals surface area contributed by atoms with Crippen LogP contribution in [0.1, 0.15) is 133 Å². The number of imidazole rings is 1. The van der Waals surface area contributed by atoms with Crippen molar-refractivity contribution in [2.75, 3.05) is 45.9 Å². The number of aliphatic hydroxyl groups excluding tert-OH is 1. The quantitative estimate of drug-likeness (QED) is 0.0293. The molecule has 0 saturated carbocycles. The highest BCUT2D eigenvalue weighted by molar-refractivity contribution is 5.83. The molecule has 1 aliphatic heterocycles. The molecule has 0 spiro atoms. The maximum atomic E-state index is 9.08. The van der Waals surface area contributed by atoms with Gasteiger partial charge in [-0.3, -0.25) is 4.99 Å². The Labute approximate surface area is 439 Å². The molecule has 0 unspecified atom stereocenters. The van der Waals surface area contributed by atoms with Crippen molar-refractivity contribution in [3.8, 4) is 5.75 Å². The first kappa shape index (κ1) is 67.3. The van der Waals surface area contributed by atoms with E-state index in [0.717, 1.165) is 84.3 Å². The van der Waals surface area contributed by atoms with Crippen molar-refractivity contribution in [3.05, 3.63) is 132 Å². The van der Waals surface area contributed by atoms with E-state index in [2.05, 4.69) is 188 Å². The van der Waals surface area contributed by atoms with Gasteiger partial charge in [0.25, 0.3) is 0 Å². The zero-order valence-electron chi connectivity index (χ0n) is 46.5. The molecule has 5 aromatic rings. The van der Waals surface area contributed by atoms with Crippen LogP contribution in [-0.4, -0.2) is 113 Å². The number of aliphatic hydroxyl groups is 1. The highest BCUT2D eigenvalue weighted by Crippen LogP contribution is 2.19. The Hall–Kier alpha value is -4.66. The molecule has 0 radical (unpaired) electrons. The van der Waals surface area contributed by atoms with Crippen LogP contribution in [0.25, 0.3) is 10.9 Å². The van der Waals surface area contributed by atoms with E-state index in [0.29, 0.717) is 36.0 Å². The summed E-state index contributed by atoms with van der Waals surface area (Å²) >= 11 is 0. The molecule has 12 nitrogen and oxygen atoms in total. The number of benzene rings is 3. The van der Waals surface area contributed by atoms with Gasteiger partial charge in [-0.05, 0) is 154 Å². The second-order valence-corrected chi connectivity index (χ2v) is 18.5. The number of nitrogens with one attached hydrogen (secondary N) is 7. The third-order valence-electron chi connectivity index (χ3n) is 11.6. The van der Waals surface area contributed by atoms with Gasteiger partial charge < -0.3 is 51.7 Å². The SMILES string of the molecule is C.CCN[C@H](C)CC1=CN=CC1.CCN[C@H](C)CO.CCN[C@H](C)Cc1c[nH]c2ccccc12.CCN[C@H](C)Cc1ccc(O)cc1.CCN[C@H](C)Cc1ccccc1.CCN[C@H](C)Cc1cncn1CC. The van der Waals surface area contributed by atoms with Crippen LogP contribution in [0, 0.1) is 0 Å². The summed E-state index contributed by atoms with van der Waals surface area (Å²) < 4.78 is 2.19. The summed E-state index contributed by atoms with van der Waals surface area (Å²) in [5, 5.41) is 38.8. The number of likely N-dealkylation sites (N-methyl/N-ethyl adjacent to an activating group) is 5. The van der Waals surface area contributed by atoms with E-state index in [-0.39, 0.29) is 20.1 Å². The maximum Gasteiger partial charge on any atom is 0.115 e.